The number of aliphatic hydroxyl groups is 1. The van der Waals surface area contributed by atoms with Crippen molar-refractivity contribution in [3.8, 4) is 5.75 Å². The van der Waals surface area contributed by atoms with Gasteiger partial charge in [0.15, 0.2) is 11.6 Å². The number of aryl methyl sites for hydroxylation is 2. The standard InChI is InChI=1S/C30H35FN4O5S/c1-19-16-22(27(37)34-11-7-29(3,39)8-12-34)17-20(2)23(19)6-15-41(40)35-13-9-30(10-14-35)28(38)32-26(33-30)21-4-5-24(31)25(36)18-21/h4-6,15-18,36,39H,7-14H2,1-3H3,(H,32,33,38)/b15-6+. The SMILES string of the molecule is Cc1cc(C(=O)N2CCC(C)(O)CC2)cc(C)c1/C=C/S(=O)N1CCC2(CC1)N=C(c1ccc(F)c(O)c1)NC2=O. The molecule has 1 spiro atoms. The molecule has 41 heavy (non-hydrogen) atoms. The zero-order valence-electron chi connectivity index (χ0n) is 23.4. The third-order valence-corrected chi connectivity index (χ3v) is 9.57. The molecule has 0 saturated carbocycles. The van der Waals surface area contributed by atoms with Crippen molar-refractivity contribution >= 4 is 34.7 Å². The van der Waals surface area contributed by atoms with Gasteiger partial charge >= 0.3 is 0 Å². The summed E-state index contributed by atoms with van der Waals surface area (Å²) >= 11 is 0. The van der Waals surface area contributed by atoms with E-state index in [9.17, 15) is 28.4 Å². The van der Waals surface area contributed by atoms with Crippen LogP contribution in [0.1, 0.15) is 65.2 Å². The van der Waals surface area contributed by atoms with Crippen LogP contribution in [-0.2, 0) is 15.8 Å². The number of phenols is 1. The van der Waals surface area contributed by atoms with Crippen LogP contribution in [0.2, 0.25) is 0 Å². The van der Waals surface area contributed by atoms with Gasteiger partial charge < -0.3 is 20.4 Å². The summed E-state index contributed by atoms with van der Waals surface area (Å²) in [6.07, 6.45) is 3.67. The van der Waals surface area contributed by atoms with Crippen LogP contribution in [0.4, 0.5) is 4.39 Å². The van der Waals surface area contributed by atoms with Gasteiger partial charge in [-0.15, -0.1) is 0 Å². The van der Waals surface area contributed by atoms with E-state index >= 15 is 0 Å². The molecule has 1 unspecified atom stereocenters. The van der Waals surface area contributed by atoms with Crippen molar-refractivity contribution in [2.75, 3.05) is 26.2 Å². The molecular weight excluding hydrogens is 547 g/mol. The smallest absolute Gasteiger partial charge is 0.253 e. The maximum atomic E-state index is 13.4. The zero-order valence-corrected chi connectivity index (χ0v) is 24.3. The van der Waals surface area contributed by atoms with E-state index < -0.39 is 33.7 Å². The lowest BCUT2D eigenvalue weighted by atomic mass is 9.89. The molecule has 218 valence electrons. The predicted molar refractivity (Wildman–Crippen MR) is 155 cm³/mol. The fourth-order valence-corrected chi connectivity index (χ4v) is 6.60. The van der Waals surface area contributed by atoms with E-state index in [0.717, 1.165) is 22.8 Å². The summed E-state index contributed by atoms with van der Waals surface area (Å²) in [5.41, 5.74) is 2.02. The number of phenolic OH excluding ortho intramolecular Hbond substituents is 1. The maximum Gasteiger partial charge on any atom is 0.253 e. The van der Waals surface area contributed by atoms with Crippen LogP contribution in [0.25, 0.3) is 6.08 Å². The summed E-state index contributed by atoms with van der Waals surface area (Å²) < 4.78 is 28.4. The summed E-state index contributed by atoms with van der Waals surface area (Å²) in [6, 6.07) is 7.51. The minimum Gasteiger partial charge on any atom is -0.505 e. The second-order valence-corrected chi connectivity index (χ2v) is 12.8. The van der Waals surface area contributed by atoms with Gasteiger partial charge in [0.1, 0.15) is 22.4 Å². The quantitative estimate of drug-likeness (QED) is 0.500. The average Bonchev–Trinajstić information content (AvgIpc) is 3.24. The number of nitrogens with zero attached hydrogens (tertiary/aromatic N) is 3. The van der Waals surface area contributed by atoms with E-state index in [1.54, 1.807) is 21.5 Å². The highest BCUT2D eigenvalue weighted by molar-refractivity contribution is 7.85. The fourth-order valence-electron chi connectivity index (χ4n) is 5.64. The first kappa shape index (κ1) is 29.1. The van der Waals surface area contributed by atoms with Crippen LogP contribution in [-0.4, -0.2) is 78.6 Å². The number of aromatic hydroxyl groups is 1. The number of hydrogen-bond donors (Lipinski definition) is 3. The van der Waals surface area contributed by atoms with Crippen molar-refractivity contribution in [2.24, 2.45) is 4.99 Å². The molecule has 3 N–H and O–H groups in total. The molecule has 2 aromatic rings. The lowest BCUT2D eigenvalue weighted by molar-refractivity contribution is -0.124. The predicted octanol–water partition coefficient (Wildman–Crippen LogP) is 3.18. The Morgan fingerprint density at radius 3 is 2.32 bits per heavy atom. The van der Waals surface area contributed by atoms with Crippen LogP contribution in [0.3, 0.4) is 0 Å². The lowest BCUT2D eigenvalue weighted by Crippen LogP contribution is -2.49. The Bertz CT molecular complexity index is 1450. The van der Waals surface area contributed by atoms with Gasteiger partial charge in [-0.2, -0.15) is 0 Å². The number of halogens is 1. The van der Waals surface area contributed by atoms with Gasteiger partial charge in [-0.3, -0.25) is 14.6 Å². The Morgan fingerprint density at radius 1 is 1.07 bits per heavy atom. The highest BCUT2D eigenvalue weighted by Crippen LogP contribution is 2.32. The highest BCUT2D eigenvalue weighted by atomic mass is 32.2. The number of aliphatic imine (C=N–C) groups is 1. The summed E-state index contributed by atoms with van der Waals surface area (Å²) in [5, 5.41) is 24.3. The van der Waals surface area contributed by atoms with Gasteiger partial charge in [0.25, 0.3) is 11.8 Å². The summed E-state index contributed by atoms with van der Waals surface area (Å²) in [6.45, 7) is 7.47. The highest BCUT2D eigenvalue weighted by Gasteiger charge is 2.46. The Kier molecular flexibility index (Phi) is 7.88. The third-order valence-electron chi connectivity index (χ3n) is 8.32. The van der Waals surface area contributed by atoms with Crippen LogP contribution < -0.4 is 5.32 Å². The average molecular weight is 583 g/mol. The van der Waals surface area contributed by atoms with Crippen molar-refractivity contribution in [3.63, 3.8) is 0 Å². The number of amides is 2. The first-order valence-corrected chi connectivity index (χ1v) is 14.9. The zero-order chi connectivity index (χ0) is 29.5. The molecule has 9 nitrogen and oxygen atoms in total. The van der Waals surface area contributed by atoms with Crippen molar-refractivity contribution in [2.45, 2.75) is 57.6 Å². The molecule has 2 amide bonds. The van der Waals surface area contributed by atoms with E-state index in [2.05, 4.69) is 10.3 Å². The molecule has 2 saturated heterocycles. The van der Waals surface area contributed by atoms with Crippen molar-refractivity contribution in [3.05, 3.63) is 69.4 Å². The second kappa shape index (κ2) is 11.1. The molecule has 0 aliphatic carbocycles. The number of benzene rings is 2. The molecule has 0 radical (unpaired) electrons. The molecule has 2 aromatic carbocycles. The molecule has 11 heteroatoms. The molecule has 3 aliphatic rings. The Balaban J connectivity index is 1.22. The number of carbonyl (C=O) groups is 2. The molecule has 2 fully saturated rings. The van der Waals surface area contributed by atoms with Crippen LogP contribution >= 0.6 is 0 Å². The largest absolute Gasteiger partial charge is 0.505 e. The van der Waals surface area contributed by atoms with E-state index in [0.29, 0.717) is 68.8 Å². The lowest BCUT2D eigenvalue weighted by Gasteiger charge is -2.36. The van der Waals surface area contributed by atoms with Crippen molar-refractivity contribution < 1.29 is 28.4 Å². The van der Waals surface area contributed by atoms with Crippen molar-refractivity contribution in [1.82, 2.24) is 14.5 Å². The number of likely N-dealkylation sites (tertiary alicyclic amines) is 1. The summed E-state index contributed by atoms with van der Waals surface area (Å²) in [4.78, 5) is 32.3. The first-order valence-electron chi connectivity index (χ1n) is 13.7. The molecular formula is C30H35FN4O5S. The van der Waals surface area contributed by atoms with E-state index in [1.807, 2.05) is 32.1 Å². The second-order valence-electron chi connectivity index (χ2n) is 11.4. The molecule has 3 aliphatic heterocycles. The molecule has 3 heterocycles. The normalized spacial score (nSPS) is 21.2. The number of piperidine rings is 2. The Morgan fingerprint density at radius 2 is 1.71 bits per heavy atom. The fraction of sp³-hybridized carbons (Fsp3) is 0.433. The summed E-state index contributed by atoms with van der Waals surface area (Å²) in [5.74, 6) is -1.28. The van der Waals surface area contributed by atoms with Gasteiger partial charge in [-0.05, 0) is 99.6 Å². The molecule has 0 bridgehead atoms. The Labute approximate surface area is 241 Å². The third kappa shape index (κ3) is 5.98. The van der Waals surface area contributed by atoms with E-state index in [4.69, 9.17) is 0 Å². The minimum absolute atomic E-state index is 0.0500. The molecule has 1 atom stereocenters. The topological polar surface area (TPSA) is 123 Å². The number of rotatable bonds is 5. The number of nitrogens with one attached hydrogen (secondary N) is 1. The Hall–Kier alpha value is -3.41. The van der Waals surface area contributed by atoms with Gasteiger partial charge in [-0.25, -0.2) is 12.9 Å². The van der Waals surface area contributed by atoms with Gasteiger partial charge in [0, 0.05) is 42.7 Å². The number of carbonyl (C=O) groups excluding carboxylic acids is 2. The van der Waals surface area contributed by atoms with E-state index in [1.165, 1.54) is 12.1 Å². The molecule has 0 aromatic heterocycles. The van der Waals surface area contributed by atoms with Gasteiger partial charge in [-0.1, -0.05) is 0 Å². The number of hydrogen-bond acceptors (Lipinski definition) is 6. The van der Waals surface area contributed by atoms with Crippen molar-refractivity contribution in [1.29, 1.82) is 0 Å². The summed E-state index contributed by atoms with van der Waals surface area (Å²) in [7, 11) is -1.43. The van der Waals surface area contributed by atoms with Gasteiger partial charge in [0.05, 0.1) is 5.60 Å². The van der Waals surface area contributed by atoms with Crippen LogP contribution in [0.5, 0.6) is 5.75 Å². The number of amidine groups is 1. The molecule has 5 rings (SSSR count). The first-order chi connectivity index (χ1) is 19.4. The minimum atomic E-state index is -1.43. The van der Waals surface area contributed by atoms with Gasteiger partial charge in [0.2, 0.25) is 0 Å². The van der Waals surface area contributed by atoms with E-state index in [-0.39, 0.29) is 11.8 Å². The van der Waals surface area contributed by atoms with Crippen LogP contribution in [0, 0.1) is 19.7 Å². The maximum absolute atomic E-state index is 13.4. The monoisotopic (exact) mass is 582 g/mol. The van der Waals surface area contributed by atoms with Crippen LogP contribution in [0.15, 0.2) is 40.7 Å².